The summed E-state index contributed by atoms with van der Waals surface area (Å²) < 4.78 is 15.7. The van der Waals surface area contributed by atoms with E-state index >= 15 is 0 Å². The van der Waals surface area contributed by atoms with Crippen LogP contribution in [0.15, 0.2) is 73.2 Å². The summed E-state index contributed by atoms with van der Waals surface area (Å²) >= 11 is 0. The van der Waals surface area contributed by atoms with Gasteiger partial charge in [-0.2, -0.15) is 4.39 Å². The number of amides is 1. The van der Waals surface area contributed by atoms with E-state index in [1.165, 1.54) is 18.3 Å². The number of imidazole rings is 1. The fourth-order valence-corrected chi connectivity index (χ4v) is 3.69. The molecule has 0 saturated carbocycles. The summed E-state index contributed by atoms with van der Waals surface area (Å²) in [6.07, 6.45) is 4.72. The number of nitrogens with one attached hydrogen (secondary N) is 1. The number of hydrogen-bond donors (Lipinski definition) is 2. The molecule has 1 aromatic carbocycles. The SMILES string of the molecule is Cc1cnc2c(c1)nc(-c1cccnc1N)n2-c1ccc(CNC(=O)c2cccnc2F)cc1. The van der Waals surface area contributed by atoms with E-state index in [2.05, 4.69) is 20.3 Å². The lowest BCUT2D eigenvalue weighted by Crippen LogP contribution is -2.24. The van der Waals surface area contributed by atoms with Gasteiger partial charge in [0.25, 0.3) is 5.91 Å². The van der Waals surface area contributed by atoms with Crippen LogP contribution in [0.5, 0.6) is 0 Å². The standard InChI is InChI=1S/C25H20FN7O/c1-15-12-20-24(30-13-15)33(23(32-20)19-5-3-11-29-22(19)27)17-8-6-16(7-9-17)14-31-25(34)18-4-2-10-28-21(18)26/h2-13H,14H2,1H3,(H2,27,29)(H,31,34). The van der Waals surface area contributed by atoms with Crippen molar-refractivity contribution in [2.75, 3.05) is 5.73 Å². The van der Waals surface area contributed by atoms with Gasteiger partial charge in [-0.05, 0) is 60.5 Å². The summed E-state index contributed by atoms with van der Waals surface area (Å²) in [6.45, 7) is 2.20. The van der Waals surface area contributed by atoms with Crippen LogP contribution >= 0.6 is 0 Å². The lowest BCUT2D eigenvalue weighted by molar-refractivity contribution is 0.0946. The smallest absolute Gasteiger partial charge is 0.256 e. The van der Waals surface area contributed by atoms with Gasteiger partial charge in [0.05, 0.1) is 11.1 Å². The quantitative estimate of drug-likeness (QED) is 0.391. The number of benzene rings is 1. The fraction of sp³-hybridized carbons (Fsp3) is 0.0800. The van der Waals surface area contributed by atoms with Gasteiger partial charge in [0.15, 0.2) is 11.5 Å². The number of nitrogen functional groups attached to an aromatic ring is 1. The van der Waals surface area contributed by atoms with E-state index in [1.54, 1.807) is 12.4 Å². The summed E-state index contributed by atoms with van der Waals surface area (Å²) in [7, 11) is 0. The van der Waals surface area contributed by atoms with Crippen LogP contribution in [0.3, 0.4) is 0 Å². The monoisotopic (exact) mass is 453 g/mol. The van der Waals surface area contributed by atoms with Crippen molar-refractivity contribution in [3.63, 3.8) is 0 Å². The number of hydrogen-bond acceptors (Lipinski definition) is 6. The van der Waals surface area contributed by atoms with E-state index in [-0.39, 0.29) is 12.1 Å². The van der Waals surface area contributed by atoms with Crippen LogP contribution in [0.4, 0.5) is 10.2 Å². The Labute approximate surface area is 194 Å². The van der Waals surface area contributed by atoms with Crippen LogP contribution in [0.1, 0.15) is 21.5 Å². The highest BCUT2D eigenvalue weighted by atomic mass is 19.1. The minimum atomic E-state index is -0.799. The number of nitrogens with zero attached hydrogens (tertiary/aromatic N) is 5. The molecule has 0 radical (unpaired) electrons. The minimum absolute atomic E-state index is 0.0934. The van der Waals surface area contributed by atoms with Crippen molar-refractivity contribution in [3.8, 4) is 17.1 Å². The average molecular weight is 453 g/mol. The maximum absolute atomic E-state index is 13.7. The second-order valence-electron chi connectivity index (χ2n) is 7.75. The number of halogens is 1. The molecule has 5 rings (SSSR count). The van der Waals surface area contributed by atoms with Gasteiger partial charge in [-0.3, -0.25) is 9.36 Å². The molecule has 0 aliphatic carbocycles. The molecular formula is C25H20FN7O. The highest BCUT2D eigenvalue weighted by Crippen LogP contribution is 2.30. The highest BCUT2D eigenvalue weighted by Gasteiger charge is 2.18. The van der Waals surface area contributed by atoms with E-state index in [0.29, 0.717) is 22.9 Å². The number of anilines is 1. The highest BCUT2D eigenvalue weighted by molar-refractivity contribution is 5.94. The number of carbonyl (C=O) groups is 1. The molecule has 8 nitrogen and oxygen atoms in total. The molecule has 0 fully saturated rings. The van der Waals surface area contributed by atoms with Gasteiger partial charge in [0.2, 0.25) is 5.95 Å². The summed E-state index contributed by atoms with van der Waals surface area (Å²) in [4.78, 5) is 29.4. The predicted molar refractivity (Wildman–Crippen MR) is 127 cm³/mol. The third-order valence-electron chi connectivity index (χ3n) is 5.36. The molecule has 4 aromatic heterocycles. The molecule has 0 spiro atoms. The molecule has 0 atom stereocenters. The molecule has 168 valence electrons. The summed E-state index contributed by atoms with van der Waals surface area (Å²) in [5.41, 5.74) is 10.9. The van der Waals surface area contributed by atoms with Crippen LogP contribution in [0, 0.1) is 12.9 Å². The summed E-state index contributed by atoms with van der Waals surface area (Å²) in [5, 5.41) is 2.72. The van der Waals surface area contributed by atoms with Crippen LogP contribution in [-0.4, -0.2) is 30.4 Å². The molecule has 0 saturated heterocycles. The molecule has 4 heterocycles. The van der Waals surface area contributed by atoms with Crippen molar-refractivity contribution in [1.82, 2.24) is 29.8 Å². The van der Waals surface area contributed by atoms with Crippen molar-refractivity contribution < 1.29 is 9.18 Å². The number of aryl methyl sites for hydroxylation is 1. The topological polar surface area (TPSA) is 112 Å². The zero-order valence-electron chi connectivity index (χ0n) is 18.2. The first-order valence-electron chi connectivity index (χ1n) is 10.6. The lowest BCUT2D eigenvalue weighted by Gasteiger charge is -2.11. The Morgan fingerprint density at radius 1 is 1.06 bits per heavy atom. The summed E-state index contributed by atoms with van der Waals surface area (Å²) in [5.74, 6) is -0.319. The number of fused-ring (bicyclic) bond motifs is 1. The Kier molecular flexibility index (Phi) is 5.43. The van der Waals surface area contributed by atoms with Crippen LogP contribution in [-0.2, 0) is 6.54 Å². The minimum Gasteiger partial charge on any atom is -0.383 e. The number of aromatic nitrogens is 5. The Morgan fingerprint density at radius 2 is 1.82 bits per heavy atom. The van der Waals surface area contributed by atoms with Gasteiger partial charge in [0.1, 0.15) is 11.3 Å². The van der Waals surface area contributed by atoms with Gasteiger partial charge in [-0.1, -0.05) is 12.1 Å². The molecule has 0 aliphatic rings. The molecule has 5 aromatic rings. The Balaban J connectivity index is 1.47. The summed E-state index contributed by atoms with van der Waals surface area (Å²) in [6, 6.07) is 16.1. The maximum Gasteiger partial charge on any atom is 0.256 e. The van der Waals surface area contributed by atoms with Crippen molar-refractivity contribution in [1.29, 1.82) is 0 Å². The molecule has 0 unspecified atom stereocenters. The van der Waals surface area contributed by atoms with E-state index in [1.807, 2.05) is 54.0 Å². The molecule has 3 N–H and O–H groups in total. The van der Waals surface area contributed by atoms with E-state index in [0.717, 1.165) is 22.3 Å². The van der Waals surface area contributed by atoms with Crippen molar-refractivity contribution in [2.24, 2.45) is 0 Å². The van der Waals surface area contributed by atoms with Gasteiger partial charge in [0, 0.05) is 30.8 Å². The zero-order chi connectivity index (χ0) is 23.7. The first-order valence-corrected chi connectivity index (χ1v) is 10.6. The largest absolute Gasteiger partial charge is 0.383 e. The number of carbonyl (C=O) groups excluding carboxylic acids is 1. The molecule has 34 heavy (non-hydrogen) atoms. The van der Waals surface area contributed by atoms with Crippen molar-refractivity contribution in [3.05, 3.63) is 95.8 Å². The molecule has 0 aliphatic heterocycles. The van der Waals surface area contributed by atoms with Gasteiger partial charge < -0.3 is 11.1 Å². The third-order valence-corrected chi connectivity index (χ3v) is 5.36. The molecule has 9 heteroatoms. The molecular weight excluding hydrogens is 433 g/mol. The number of rotatable bonds is 5. The Bertz CT molecular complexity index is 1510. The first-order chi connectivity index (χ1) is 16.5. The third kappa shape index (κ3) is 3.95. The lowest BCUT2D eigenvalue weighted by atomic mass is 10.1. The second-order valence-corrected chi connectivity index (χ2v) is 7.75. The van der Waals surface area contributed by atoms with Gasteiger partial charge >= 0.3 is 0 Å². The Morgan fingerprint density at radius 3 is 2.59 bits per heavy atom. The van der Waals surface area contributed by atoms with Gasteiger partial charge in [-0.15, -0.1) is 0 Å². The van der Waals surface area contributed by atoms with Gasteiger partial charge in [-0.25, -0.2) is 19.9 Å². The van der Waals surface area contributed by atoms with Crippen LogP contribution in [0.2, 0.25) is 0 Å². The van der Waals surface area contributed by atoms with E-state index in [4.69, 9.17) is 10.7 Å². The predicted octanol–water partition coefficient (Wildman–Crippen LogP) is 3.84. The molecule has 0 bridgehead atoms. The zero-order valence-corrected chi connectivity index (χ0v) is 18.2. The maximum atomic E-state index is 13.7. The average Bonchev–Trinajstić information content (AvgIpc) is 3.21. The Hall–Kier alpha value is -4.66. The van der Waals surface area contributed by atoms with Crippen molar-refractivity contribution in [2.45, 2.75) is 13.5 Å². The van der Waals surface area contributed by atoms with E-state index < -0.39 is 11.9 Å². The second kappa shape index (κ2) is 8.70. The van der Waals surface area contributed by atoms with Crippen LogP contribution in [0.25, 0.3) is 28.2 Å². The number of nitrogens with two attached hydrogens (primary N) is 1. The normalized spacial score (nSPS) is 11.0. The fourth-order valence-electron chi connectivity index (χ4n) is 3.69. The van der Waals surface area contributed by atoms with Crippen molar-refractivity contribution >= 4 is 22.9 Å². The first kappa shape index (κ1) is 21.2. The van der Waals surface area contributed by atoms with E-state index in [9.17, 15) is 9.18 Å². The molecule has 1 amide bonds. The van der Waals surface area contributed by atoms with Crippen LogP contribution < -0.4 is 11.1 Å². The number of pyridine rings is 3.